The number of rotatable bonds is 5. The first-order chi connectivity index (χ1) is 10.9. The van der Waals surface area contributed by atoms with E-state index in [1.807, 2.05) is 0 Å². The van der Waals surface area contributed by atoms with Gasteiger partial charge in [-0.1, -0.05) is 65.7 Å². The smallest absolute Gasteiger partial charge is 0.313 e. The molecule has 0 radical (unpaired) electrons. The summed E-state index contributed by atoms with van der Waals surface area (Å²) in [5.41, 5.74) is -0.0737. The van der Waals surface area contributed by atoms with Crippen LogP contribution in [-0.2, 0) is 9.53 Å². The highest BCUT2D eigenvalue weighted by Gasteiger charge is 2.45. The largest absolute Gasteiger partial charge is 0.469 e. The van der Waals surface area contributed by atoms with Crippen molar-refractivity contribution in [2.75, 3.05) is 20.2 Å². The standard InChI is InChI=1S/C20H37NO2/c1-19(2,3)17-13-20(15-21-14-17,18(22)23-4)12-8-11-16-9-6-5-7-10-16/h16-17,21H,5-15H2,1-4H3/t17-,20-/m1/s1. The maximum Gasteiger partial charge on any atom is 0.313 e. The lowest BCUT2D eigenvalue weighted by Crippen LogP contribution is -2.52. The molecule has 0 amide bonds. The summed E-state index contributed by atoms with van der Waals surface area (Å²) in [5, 5.41) is 3.54. The summed E-state index contributed by atoms with van der Waals surface area (Å²) in [6.45, 7) is 8.67. The van der Waals surface area contributed by atoms with Crippen LogP contribution in [0.4, 0.5) is 0 Å². The molecule has 1 N–H and O–H groups in total. The van der Waals surface area contributed by atoms with E-state index < -0.39 is 0 Å². The zero-order valence-electron chi connectivity index (χ0n) is 15.7. The number of hydrogen-bond donors (Lipinski definition) is 1. The van der Waals surface area contributed by atoms with Gasteiger partial charge in [-0.3, -0.25) is 4.79 Å². The molecule has 0 aromatic carbocycles. The lowest BCUT2D eigenvalue weighted by molar-refractivity contribution is -0.156. The van der Waals surface area contributed by atoms with E-state index in [4.69, 9.17) is 4.74 Å². The summed E-state index contributed by atoms with van der Waals surface area (Å²) in [4.78, 5) is 12.6. The van der Waals surface area contributed by atoms with Gasteiger partial charge in [0, 0.05) is 6.54 Å². The number of nitrogens with one attached hydrogen (secondary N) is 1. The maximum absolute atomic E-state index is 12.6. The van der Waals surface area contributed by atoms with Gasteiger partial charge in [0.25, 0.3) is 0 Å². The number of ether oxygens (including phenoxy) is 1. The summed E-state index contributed by atoms with van der Waals surface area (Å²) in [6.07, 6.45) is 11.4. The molecule has 1 aliphatic carbocycles. The molecule has 2 fully saturated rings. The molecule has 1 saturated carbocycles. The Morgan fingerprint density at radius 1 is 1.22 bits per heavy atom. The van der Waals surface area contributed by atoms with Gasteiger partial charge >= 0.3 is 5.97 Å². The highest BCUT2D eigenvalue weighted by atomic mass is 16.5. The highest BCUT2D eigenvalue weighted by Crippen LogP contribution is 2.43. The third-order valence-corrected chi connectivity index (χ3v) is 6.33. The van der Waals surface area contributed by atoms with Crippen molar-refractivity contribution in [3.63, 3.8) is 0 Å². The van der Waals surface area contributed by atoms with Crippen LogP contribution in [0.2, 0.25) is 0 Å². The first-order valence-corrected chi connectivity index (χ1v) is 9.66. The van der Waals surface area contributed by atoms with Crippen LogP contribution in [0.3, 0.4) is 0 Å². The minimum Gasteiger partial charge on any atom is -0.469 e. The van der Waals surface area contributed by atoms with Crippen molar-refractivity contribution in [3.8, 4) is 0 Å². The van der Waals surface area contributed by atoms with E-state index in [0.717, 1.165) is 38.3 Å². The molecule has 2 rings (SSSR count). The zero-order valence-corrected chi connectivity index (χ0v) is 15.7. The minimum atomic E-state index is -0.306. The fourth-order valence-electron chi connectivity index (χ4n) is 4.58. The summed E-state index contributed by atoms with van der Waals surface area (Å²) in [5.74, 6) is 1.43. The topological polar surface area (TPSA) is 38.3 Å². The lowest BCUT2D eigenvalue weighted by Gasteiger charge is -2.44. The van der Waals surface area contributed by atoms with E-state index in [1.165, 1.54) is 38.5 Å². The molecule has 23 heavy (non-hydrogen) atoms. The molecular weight excluding hydrogens is 286 g/mol. The third kappa shape index (κ3) is 4.95. The third-order valence-electron chi connectivity index (χ3n) is 6.33. The van der Waals surface area contributed by atoms with E-state index in [1.54, 1.807) is 7.11 Å². The van der Waals surface area contributed by atoms with Gasteiger partial charge in [0.15, 0.2) is 0 Å². The fraction of sp³-hybridized carbons (Fsp3) is 0.950. The minimum absolute atomic E-state index is 0.00240. The molecular formula is C20H37NO2. The van der Waals surface area contributed by atoms with Crippen molar-refractivity contribution in [2.24, 2.45) is 22.7 Å². The van der Waals surface area contributed by atoms with E-state index in [9.17, 15) is 4.79 Å². The first kappa shape index (κ1) is 18.8. The Morgan fingerprint density at radius 3 is 2.52 bits per heavy atom. The van der Waals surface area contributed by atoms with Crippen LogP contribution in [0.15, 0.2) is 0 Å². The molecule has 1 heterocycles. The second-order valence-corrected chi connectivity index (χ2v) is 9.07. The van der Waals surface area contributed by atoms with Gasteiger partial charge in [-0.15, -0.1) is 0 Å². The van der Waals surface area contributed by atoms with Gasteiger partial charge in [-0.2, -0.15) is 0 Å². The van der Waals surface area contributed by atoms with Gasteiger partial charge < -0.3 is 10.1 Å². The SMILES string of the molecule is COC(=O)[C@@]1(CCCC2CCCCC2)CNC[C@H](C(C)(C)C)C1. The molecule has 3 heteroatoms. The number of esters is 1. The van der Waals surface area contributed by atoms with Gasteiger partial charge in [0.05, 0.1) is 12.5 Å². The Kier molecular flexibility index (Phi) is 6.53. The number of methoxy groups -OCH3 is 1. The van der Waals surface area contributed by atoms with Crippen LogP contribution in [-0.4, -0.2) is 26.2 Å². The molecule has 0 unspecified atom stereocenters. The van der Waals surface area contributed by atoms with Gasteiger partial charge in [0.1, 0.15) is 0 Å². The first-order valence-electron chi connectivity index (χ1n) is 9.66. The fourth-order valence-corrected chi connectivity index (χ4v) is 4.58. The Hall–Kier alpha value is -0.570. The molecule has 134 valence electrons. The number of carbonyl (C=O) groups excluding carboxylic acids is 1. The summed E-state index contributed by atoms with van der Waals surface area (Å²) >= 11 is 0. The summed E-state index contributed by atoms with van der Waals surface area (Å²) in [7, 11) is 1.55. The predicted molar refractivity (Wildman–Crippen MR) is 95.3 cm³/mol. The Morgan fingerprint density at radius 2 is 1.91 bits per heavy atom. The number of hydrogen-bond acceptors (Lipinski definition) is 3. The second-order valence-electron chi connectivity index (χ2n) is 9.07. The maximum atomic E-state index is 12.6. The quantitative estimate of drug-likeness (QED) is 0.754. The molecule has 0 bridgehead atoms. The summed E-state index contributed by atoms with van der Waals surface area (Å²) < 4.78 is 5.22. The van der Waals surface area contributed by atoms with E-state index in [0.29, 0.717) is 5.92 Å². The zero-order chi connectivity index (χ0) is 16.9. The summed E-state index contributed by atoms with van der Waals surface area (Å²) in [6, 6.07) is 0. The lowest BCUT2D eigenvalue weighted by atomic mass is 9.65. The highest BCUT2D eigenvalue weighted by molar-refractivity contribution is 5.77. The van der Waals surface area contributed by atoms with Crippen molar-refractivity contribution >= 4 is 5.97 Å². The van der Waals surface area contributed by atoms with Gasteiger partial charge in [-0.05, 0) is 36.6 Å². The van der Waals surface area contributed by atoms with Crippen LogP contribution in [0.25, 0.3) is 0 Å². The van der Waals surface area contributed by atoms with E-state index in [-0.39, 0.29) is 16.8 Å². The van der Waals surface area contributed by atoms with Gasteiger partial charge in [0.2, 0.25) is 0 Å². The van der Waals surface area contributed by atoms with Crippen LogP contribution in [0, 0.1) is 22.7 Å². The van der Waals surface area contributed by atoms with Crippen LogP contribution in [0.1, 0.15) is 78.6 Å². The average molecular weight is 324 g/mol. The molecule has 3 nitrogen and oxygen atoms in total. The van der Waals surface area contributed by atoms with Gasteiger partial charge in [-0.25, -0.2) is 0 Å². The Balaban J connectivity index is 1.96. The number of piperidine rings is 1. The van der Waals surface area contributed by atoms with Crippen molar-refractivity contribution in [2.45, 2.75) is 78.6 Å². The second kappa shape index (κ2) is 8.00. The molecule has 0 spiro atoms. The Bertz CT molecular complexity index is 382. The van der Waals surface area contributed by atoms with Crippen molar-refractivity contribution in [3.05, 3.63) is 0 Å². The monoisotopic (exact) mass is 323 g/mol. The van der Waals surface area contributed by atoms with Crippen molar-refractivity contribution < 1.29 is 9.53 Å². The number of carbonyl (C=O) groups is 1. The predicted octanol–water partition coefficient (Wildman–Crippen LogP) is 4.55. The molecule has 2 aliphatic rings. The van der Waals surface area contributed by atoms with Crippen molar-refractivity contribution in [1.29, 1.82) is 0 Å². The van der Waals surface area contributed by atoms with Crippen LogP contribution in [0.5, 0.6) is 0 Å². The van der Waals surface area contributed by atoms with E-state index in [2.05, 4.69) is 26.1 Å². The normalized spacial score (nSPS) is 30.2. The van der Waals surface area contributed by atoms with E-state index >= 15 is 0 Å². The van der Waals surface area contributed by atoms with Crippen LogP contribution >= 0.6 is 0 Å². The molecule has 1 aliphatic heterocycles. The molecule has 2 atom stereocenters. The molecule has 1 saturated heterocycles. The van der Waals surface area contributed by atoms with Crippen LogP contribution < -0.4 is 5.32 Å². The average Bonchev–Trinajstić information content (AvgIpc) is 2.54. The Labute approximate surface area is 142 Å². The molecule has 0 aromatic rings. The van der Waals surface area contributed by atoms with Crippen molar-refractivity contribution in [1.82, 2.24) is 5.32 Å². The molecule has 0 aromatic heterocycles.